The third kappa shape index (κ3) is 2.53. The predicted octanol–water partition coefficient (Wildman–Crippen LogP) is 2.75. The molecule has 0 aromatic carbocycles. The lowest BCUT2D eigenvalue weighted by atomic mass is 9.42. The largest absolute Gasteiger partial charge is 0.461 e. The molecule has 9 atom stereocenters. The highest BCUT2D eigenvalue weighted by Crippen LogP contribution is 2.86. The van der Waals surface area contributed by atoms with Crippen molar-refractivity contribution < 1.29 is 38.5 Å². The van der Waals surface area contributed by atoms with Gasteiger partial charge in [0.15, 0.2) is 0 Å². The molecule has 4 rings (SSSR count). The zero-order chi connectivity index (χ0) is 25.6. The van der Waals surface area contributed by atoms with Gasteiger partial charge in [-0.25, -0.2) is 0 Å². The van der Waals surface area contributed by atoms with Crippen molar-refractivity contribution in [3.8, 4) is 0 Å². The molecule has 4 aliphatic rings. The Bertz CT molecular complexity index is 983. The third-order valence-electron chi connectivity index (χ3n) is 10.0. The van der Waals surface area contributed by atoms with E-state index in [9.17, 15) is 24.3 Å². The van der Waals surface area contributed by atoms with E-state index < -0.39 is 75.8 Å². The molecule has 0 radical (unpaired) electrons. The standard InChI is InChI=1S/C26H36O8/c1-12-18(30)9-10-24(8)21(33-15(4)28)22(34-16(5)29)25-13(2)19(31)11-17(23(25,6)7)20(26(12,24)25)32-14(3)27/h13,17-18,20-22,30H,1,9-11H2,2-8H3/t13?,17-,18-,20?,21-,22-,24-,25?,26?/m0/s1. The van der Waals surface area contributed by atoms with Crippen molar-refractivity contribution in [2.75, 3.05) is 0 Å². The van der Waals surface area contributed by atoms with Gasteiger partial charge in [-0.3, -0.25) is 19.2 Å². The van der Waals surface area contributed by atoms with Gasteiger partial charge in [0.25, 0.3) is 0 Å². The average Bonchev–Trinajstić information content (AvgIpc) is 2.95. The fourth-order valence-electron chi connectivity index (χ4n) is 9.15. The fourth-order valence-corrected chi connectivity index (χ4v) is 9.15. The molecule has 2 bridgehead atoms. The first kappa shape index (κ1) is 24.9. The van der Waals surface area contributed by atoms with Crippen LogP contribution in [0.5, 0.6) is 0 Å². The van der Waals surface area contributed by atoms with E-state index in [0.29, 0.717) is 18.4 Å². The van der Waals surface area contributed by atoms with Crippen molar-refractivity contribution in [1.29, 1.82) is 0 Å². The Kier molecular flexibility index (Phi) is 5.41. The van der Waals surface area contributed by atoms with E-state index in [4.69, 9.17) is 14.2 Å². The number of Topliss-reactive ketones (excluding diaryl/α,β-unsaturated/α-hetero) is 1. The van der Waals surface area contributed by atoms with Crippen LogP contribution in [0.25, 0.3) is 0 Å². The van der Waals surface area contributed by atoms with Gasteiger partial charge in [-0.2, -0.15) is 0 Å². The quantitative estimate of drug-likeness (QED) is 0.376. The zero-order valence-electron chi connectivity index (χ0n) is 21.1. The number of rotatable bonds is 3. The Morgan fingerprint density at radius 1 is 0.941 bits per heavy atom. The summed E-state index contributed by atoms with van der Waals surface area (Å²) in [5.41, 5.74) is -3.45. The van der Waals surface area contributed by atoms with Gasteiger partial charge in [0.1, 0.15) is 24.1 Å². The first-order chi connectivity index (χ1) is 15.6. The molecular formula is C26H36O8. The lowest BCUT2D eigenvalue weighted by molar-refractivity contribution is -0.194. The number of hydrogen-bond donors (Lipinski definition) is 1. The van der Waals surface area contributed by atoms with E-state index in [0.717, 1.165) is 0 Å². The molecule has 8 nitrogen and oxygen atoms in total. The summed E-state index contributed by atoms with van der Waals surface area (Å²) >= 11 is 0. The number of ketones is 1. The molecule has 4 saturated carbocycles. The molecule has 8 heteroatoms. The molecule has 2 spiro atoms. The number of carbonyl (C=O) groups is 4. The van der Waals surface area contributed by atoms with Gasteiger partial charge in [-0.15, -0.1) is 0 Å². The van der Waals surface area contributed by atoms with E-state index in [1.807, 2.05) is 27.7 Å². The summed E-state index contributed by atoms with van der Waals surface area (Å²) in [6, 6.07) is 0. The van der Waals surface area contributed by atoms with Crippen LogP contribution in [0, 0.1) is 33.5 Å². The summed E-state index contributed by atoms with van der Waals surface area (Å²) in [5, 5.41) is 11.2. The molecule has 0 heterocycles. The predicted molar refractivity (Wildman–Crippen MR) is 120 cm³/mol. The Morgan fingerprint density at radius 2 is 1.44 bits per heavy atom. The number of esters is 3. The van der Waals surface area contributed by atoms with Gasteiger partial charge in [0.05, 0.1) is 11.5 Å². The molecule has 1 N–H and O–H groups in total. The van der Waals surface area contributed by atoms with Crippen LogP contribution < -0.4 is 0 Å². The minimum absolute atomic E-state index is 0.0332. The van der Waals surface area contributed by atoms with Crippen molar-refractivity contribution in [3.05, 3.63) is 12.2 Å². The molecule has 188 valence electrons. The summed E-state index contributed by atoms with van der Waals surface area (Å²) in [6.45, 7) is 16.0. The normalized spacial score (nSPS) is 46.4. The molecule has 0 saturated heterocycles. The van der Waals surface area contributed by atoms with Gasteiger partial charge in [-0.1, -0.05) is 34.3 Å². The van der Waals surface area contributed by atoms with Crippen LogP contribution in [-0.2, 0) is 33.4 Å². The highest BCUT2D eigenvalue weighted by Gasteiger charge is 2.92. The monoisotopic (exact) mass is 476 g/mol. The lowest BCUT2D eigenvalue weighted by Crippen LogP contribution is -2.63. The Balaban J connectivity index is 2.18. The van der Waals surface area contributed by atoms with Crippen molar-refractivity contribution in [2.45, 2.75) is 92.1 Å². The van der Waals surface area contributed by atoms with Crippen molar-refractivity contribution in [1.82, 2.24) is 0 Å². The molecule has 4 fully saturated rings. The average molecular weight is 477 g/mol. The van der Waals surface area contributed by atoms with Crippen LogP contribution in [-0.4, -0.2) is 53.2 Å². The highest BCUT2D eigenvalue weighted by molar-refractivity contribution is 5.85. The van der Waals surface area contributed by atoms with Crippen LogP contribution in [0.3, 0.4) is 0 Å². The second-order valence-corrected chi connectivity index (χ2v) is 11.5. The van der Waals surface area contributed by atoms with Gasteiger partial charge in [-0.05, 0) is 23.8 Å². The smallest absolute Gasteiger partial charge is 0.303 e. The minimum Gasteiger partial charge on any atom is -0.461 e. The summed E-state index contributed by atoms with van der Waals surface area (Å²) < 4.78 is 18.0. The van der Waals surface area contributed by atoms with E-state index in [1.54, 1.807) is 0 Å². The van der Waals surface area contributed by atoms with Crippen molar-refractivity contribution in [3.63, 3.8) is 0 Å². The van der Waals surface area contributed by atoms with Crippen LogP contribution in [0.2, 0.25) is 0 Å². The van der Waals surface area contributed by atoms with E-state index in [2.05, 4.69) is 6.58 Å². The lowest BCUT2D eigenvalue weighted by Gasteiger charge is -2.60. The van der Waals surface area contributed by atoms with Crippen LogP contribution in [0.1, 0.15) is 67.7 Å². The first-order valence-electron chi connectivity index (χ1n) is 12.0. The summed E-state index contributed by atoms with van der Waals surface area (Å²) in [4.78, 5) is 50.9. The molecule has 34 heavy (non-hydrogen) atoms. The molecule has 4 aliphatic carbocycles. The number of aliphatic hydroxyl groups excluding tert-OH is 1. The van der Waals surface area contributed by atoms with Gasteiger partial charge in [0, 0.05) is 49.9 Å². The second kappa shape index (κ2) is 7.39. The van der Waals surface area contributed by atoms with Crippen LogP contribution >= 0.6 is 0 Å². The number of hydrogen-bond acceptors (Lipinski definition) is 8. The second-order valence-electron chi connectivity index (χ2n) is 11.5. The SMILES string of the molecule is C=C1[C@@H](O)CC[C@@]2(C)[C@@H](OC(C)=O)[C@H](OC(C)=O)C34C(C)C(=O)C[C@@H](C(OC(C)=O)C132)C4(C)C. The molecule has 0 aromatic heterocycles. The third-order valence-corrected chi connectivity index (χ3v) is 10.0. The van der Waals surface area contributed by atoms with Crippen LogP contribution in [0.15, 0.2) is 12.2 Å². The molecule has 0 amide bonds. The maximum absolute atomic E-state index is 13.6. The van der Waals surface area contributed by atoms with Crippen LogP contribution in [0.4, 0.5) is 0 Å². The number of ether oxygens (including phenoxy) is 3. The number of fused-ring (bicyclic) bond motifs is 1. The molecule has 0 aromatic rings. The Hall–Kier alpha value is -2.22. The Morgan fingerprint density at radius 3 is 1.97 bits per heavy atom. The van der Waals surface area contributed by atoms with E-state index >= 15 is 0 Å². The summed E-state index contributed by atoms with van der Waals surface area (Å²) in [6.07, 6.45) is -2.65. The first-order valence-corrected chi connectivity index (χ1v) is 12.0. The Labute approximate surface area is 200 Å². The minimum atomic E-state index is -1.16. The van der Waals surface area contributed by atoms with Gasteiger partial charge in [0.2, 0.25) is 0 Å². The maximum atomic E-state index is 13.6. The van der Waals surface area contributed by atoms with E-state index in [-0.39, 0.29) is 12.2 Å². The molecular weight excluding hydrogens is 440 g/mol. The van der Waals surface area contributed by atoms with E-state index in [1.165, 1.54) is 20.8 Å². The van der Waals surface area contributed by atoms with Crippen molar-refractivity contribution >= 4 is 23.7 Å². The summed E-state index contributed by atoms with van der Waals surface area (Å²) in [7, 11) is 0. The summed E-state index contributed by atoms with van der Waals surface area (Å²) in [5.74, 6) is -2.67. The number of aliphatic hydroxyl groups is 1. The highest BCUT2D eigenvalue weighted by atomic mass is 16.6. The van der Waals surface area contributed by atoms with Crippen molar-refractivity contribution in [2.24, 2.45) is 33.5 Å². The number of carbonyl (C=O) groups excluding carboxylic acids is 4. The molecule has 4 unspecified atom stereocenters. The molecule has 0 aliphatic heterocycles. The maximum Gasteiger partial charge on any atom is 0.303 e. The van der Waals surface area contributed by atoms with Gasteiger partial charge < -0.3 is 19.3 Å². The topological polar surface area (TPSA) is 116 Å². The van der Waals surface area contributed by atoms with Gasteiger partial charge >= 0.3 is 17.9 Å². The zero-order valence-corrected chi connectivity index (χ0v) is 21.1. The fraction of sp³-hybridized carbons (Fsp3) is 0.769.